The number of nitrogens with two attached hydrogens (primary N) is 5. The van der Waals surface area contributed by atoms with E-state index in [2.05, 4.69) is 67.5 Å². The van der Waals surface area contributed by atoms with Crippen LogP contribution in [0.2, 0.25) is 0 Å². The number of carboxylic acid groups (broad SMARTS) is 2. The fourth-order valence-electron chi connectivity index (χ4n) is 6.54. The number of aliphatic carboxylic acids is 2. The summed E-state index contributed by atoms with van der Waals surface area (Å²) in [6, 6.07) is -13.3. The van der Waals surface area contributed by atoms with Crippen molar-refractivity contribution in [2.24, 2.45) is 33.7 Å². The monoisotopic (exact) mass is 1010 g/mol. The van der Waals surface area contributed by atoms with Gasteiger partial charge in [-0.15, -0.1) is 0 Å². The van der Waals surface area contributed by atoms with Crippen molar-refractivity contribution in [3.05, 3.63) is 0 Å². The Hall–Kier alpha value is -5.98. The highest BCUT2D eigenvalue weighted by molar-refractivity contribution is 7.80. The molecule has 0 radical (unpaired) electrons. The Morgan fingerprint density at radius 3 is 1.72 bits per heavy atom. The molecule has 0 aromatic rings. The highest BCUT2D eigenvalue weighted by Crippen LogP contribution is 2.19. The summed E-state index contributed by atoms with van der Waals surface area (Å²) in [6.07, 6.45) is -2.37. The summed E-state index contributed by atoms with van der Waals surface area (Å²) in [5, 5.41) is 45.3. The van der Waals surface area contributed by atoms with Gasteiger partial charge in [0.2, 0.25) is 53.2 Å². The average molecular weight is 1010 g/mol. The summed E-state index contributed by atoms with van der Waals surface area (Å²) >= 11 is 7.80. The second-order valence-electron chi connectivity index (χ2n) is 15.8. The van der Waals surface area contributed by atoms with Gasteiger partial charge < -0.3 is 86.1 Å². The first-order valence-electron chi connectivity index (χ1n) is 21.5. The topological polar surface area (TPSA) is 478 Å². The molecule has 0 saturated carbocycles. The van der Waals surface area contributed by atoms with Crippen LogP contribution >= 0.6 is 25.3 Å². The van der Waals surface area contributed by atoms with Gasteiger partial charge in [0.25, 0.3) is 0 Å². The van der Waals surface area contributed by atoms with Crippen LogP contribution < -0.4 is 65.9 Å². The van der Waals surface area contributed by atoms with E-state index in [-0.39, 0.29) is 69.2 Å². The third-order valence-electron chi connectivity index (χ3n) is 10.2. The van der Waals surface area contributed by atoms with Gasteiger partial charge in [-0.1, -0.05) is 0 Å². The van der Waals surface area contributed by atoms with Gasteiger partial charge in [-0.05, 0) is 65.3 Å². The number of unbranched alkanes of at least 4 members (excludes halogenated alkanes) is 1. The SMILES string of the molecule is C[C@H](NC(=O)[C@H](CC(N)=O)NC(=O)[C@H](CCCN=C(N)N)NC(=O)[C@H](CCCCN)NC(=O)[C@@H](NC(=O)[C@@H](N)CS)[C@@H](C)O)C(=O)N1CCC[C@H]1C(=O)N[C@@H](CC(=O)O)C(=O)N[C@@H](CS)C(=O)O. The lowest BCUT2D eigenvalue weighted by molar-refractivity contribution is -0.145. The fourth-order valence-corrected chi connectivity index (χ4v) is 6.95. The van der Waals surface area contributed by atoms with Crippen molar-refractivity contribution < 1.29 is 68.1 Å². The first-order chi connectivity index (χ1) is 31.9. The van der Waals surface area contributed by atoms with Crippen molar-refractivity contribution in [1.29, 1.82) is 0 Å². The van der Waals surface area contributed by atoms with E-state index in [1.807, 2.05) is 0 Å². The average Bonchev–Trinajstić information content (AvgIpc) is 3.76. The standard InChI is InChI=1S/C38H66N14O14S2/c1-17(36(64)52-12-6-9-25(52)34(62)49-23(14-27(55)56)33(61)50-24(16-68)37(65)66)45-32(60)22(13-26(41)54)48-31(59)21(8-5-11-44-38(42)43)46-30(58)20(7-3-4-10-39)47-35(63)28(18(2)53)51-29(57)19(40)15-67/h17-25,28,53,67-68H,3-16,39-40H2,1-2H3,(H2,41,54)(H,45,60)(H,46,58)(H,47,63)(H,48,59)(H,49,62)(H,50,61)(H,51,57)(H,55,56)(H,65,66)(H4,42,43,44)/t17-,18+,19-,20-,21-,22-,23-,24-,25-,28-/m0/s1. The number of rotatable bonds is 31. The minimum absolute atomic E-state index is 0.0252. The maximum Gasteiger partial charge on any atom is 0.327 e. The molecule has 0 aromatic heterocycles. The van der Waals surface area contributed by atoms with E-state index in [1.54, 1.807) is 0 Å². The maximum absolute atomic E-state index is 13.9. The number of likely N-dealkylation sites (tertiary alicyclic amines) is 1. The molecular formula is C38H66N14O14S2. The van der Waals surface area contributed by atoms with E-state index in [0.717, 1.165) is 4.90 Å². The summed E-state index contributed by atoms with van der Waals surface area (Å²) in [5.41, 5.74) is 27.6. The molecule has 28 nitrogen and oxygen atoms in total. The van der Waals surface area contributed by atoms with Crippen LogP contribution in [0.15, 0.2) is 4.99 Å². The molecule has 1 fully saturated rings. The lowest BCUT2D eigenvalue weighted by Crippen LogP contribution is -2.61. The molecule has 1 aliphatic rings. The van der Waals surface area contributed by atoms with Crippen molar-refractivity contribution in [3.63, 3.8) is 0 Å². The molecule has 0 spiro atoms. The first-order valence-corrected chi connectivity index (χ1v) is 22.7. The van der Waals surface area contributed by atoms with Gasteiger partial charge in [-0.3, -0.25) is 52.9 Å². The zero-order valence-corrected chi connectivity index (χ0v) is 39.5. The third kappa shape index (κ3) is 20.9. The molecule has 1 aliphatic heterocycles. The molecule has 20 N–H and O–H groups in total. The smallest absolute Gasteiger partial charge is 0.327 e. The molecule has 384 valence electrons. The van der Waals surface area contributed by atoms with E-state index in [4.69, 9.17) is 28.7 Å². The largest absolute Gasteiger partial charge is 0.481 e. The number of hydrogen-bond acceptors (Lipinski definition) is 17. The second kappa shape index (κ2) is 30.4. The molecule has 0 unspecified atom stereocenters. The Morgan fingerprint density at radius 2 is 1.21 bits per heavy atom. The number of aliphatic hydroxyl groups excluding tert-OH is 1. The van der Waals surface area contributed by atoms with Gasteiger partial charge in [0, 0.05) is 24.6 Å². The number of amides is 9. The molecule has 30 heteroatoms. The predicted octanol–water partition coefficient (Wildman–Crippen LogP) is -7.42. The maximum atomic E-state index is 13.9. The van der Waals surface area contributed by atoms with Gasteiger partial charge >= 0.3 is 11.9 Å². The fraction of sp³-hybridized carbons (Fsp3) is 0.684. The number of hydrogen-bond donors (Lipinski definition) is 17. The van der Waals surface area contributed by atoms with Gasteiger partial charge in [0.15, 0.2) is 5.96 Å². The van der Waals surface area contributed by atoms with Gasteiger partial charge in [-0.2, -0.15) is 25.3 Å². The van der Waals surface area contributed by atoms with Crippen LogP contribution in [-0.4, -0.2) is 183 Å². The Kier molecular flexibility index (Phi) is 26.8. The molecule has 1 rings (SSSR count). The Balaban J connectivity index is 3.35. The molecule has 1 heterocycles. The van der Waals surface area contributed by atoms with Crippen molar-refractivity contribution in [2.75, 3.05) is 31.1 Å². The molecule has 9 amide bonds. The number of primary amides is 1. The lowest BCUT2D eigenvalue weighted by Gasteiger charge is -2.29. The molecule has 0 aliphatic carbocycles. The minimum Gasteiger partial charge on any atom is -0.481 e. The summed E-state index contributed by atoms with van der Waals surface area (Å²) in [5.74, 6) is -12.5. The summed E-state index contributed by atoms with van der Waals surface area (Å²) < 4.78 is 0. The number of aliphatic hydroxyl groups is 1. The van der Waals surface area contributed by atoms with Crippen LogP contribution in [0.25, 0.3) is 0 Å². The number of nitrogens with one attached hydrogen (secondary N) is 7. The first kappa shape index (κ1) is 60.0. The second-order valence-corrected chi connectivity index (χ2v) is 16.5. The number of carboxylic acids is 2. The number of thiol groups is 2. The van der Waals surface area contributed by atoms with Crippen LogP contribution in [-0.2, 0) is 52.7 Å². The van der Waals surface area contributed by atoms with Crippen LogP contribution in [0.3, 0.4) is 0 Å². The van der Waals surface area contributed by atoms with Crippen molar-refractivity contribution >= 4 is 96.3 Å². The van der Waals surface area contributed by atoms with E-state index in [9.17, 15) is 68.1 Å². The number of carbonyl (C=O) groups is 11. The van der Waals surface area contributed by atoms with Crippen LogP contribution in [0, 0.1) is 0 Å². The Labute approximate surface area is 402 Å². The number of guanidine groups is 1. The molecule has 10 atom stereocenters. The summed E-state index contributed by atoms with van der Waals surface area (Å²) in [7, 11) is 0. The van der Waals surface area contributed by atoms with Crippen LogP contribution in [0.5, 0.6) is 0 Å². The number of nitrogens with zero attached hydrogens (tertiary/aromatic N) is 2. The summed E-state index contributed by atoms with van der Waals surface area (Å²) in [6.45, 7) is 2.61. The van der Waals surface area contributed by atoms with Crippen LogP contribution in [0.4, 0.5) is 0 Å². The van der Waals surface area contributed by atoms with Crippen molar-refractivity contribution in [3.8, 4) is 0 Å². The third-order valence-corrected chi connectivity index (χ3v) is 10.9. The highest BCUT2D eigenvalue weighted by Gasteiger charge is 2.40. The highest BCUT2D eigenvalue weighted by atomic mass is 32.1. The van der Waals surface area contributed by atoms with E-state index in [1.165, 1.54) is 13.8 Å². The Bertz CT molecular complexity index is 1840. The number of carbonyl (C=O) groups excluding carboxylic acids is 9. The quantitative estimate of drug-likeness (QED) is 0.0133. The zero-order chi connectivity index (χ0) is 51.8. The number of aliphatic imine (C=N–C) groups is 1. The van der Waals surface area contributed by atoms with Crippen molar-refractivity contribution in [2.45, 2.75) is 132 Å². The predicted molar refractivity (Wildman–Crippen MR) is 248 cm³/mol. The lowest BCUT2D eigenvalue weighted by atomic mass is 10.0. The molecule has 68 heavy (non-hydrogen) atoms. The van der Waals surface area contributed by atoms with E-state index in [0.29, 0.717) is 12.8 Å². The molecular weight excluding hydrogens is 941 g/mol. The van der Waals surface area contributed by atoms with Gasteiger partial charge in [0.1, 0.15) is 48.3 Å². The minimum atomic E-state index is -1.76. The summed E-state index contributed by atoms with van der Waals surface area (Å²) in [4.78, 5) is 147. The zero-order valence-electron chi connectivity index (χ0n) is 37.7. The van der Waals surface area contributed by atoms with Gasteiger partial charge in [0.05, 0.1) is 25.0 Å². The van der Waals surface area contributed by atoms with E-state index >= 15 is 0 Å². The normalized spacial score (nSPS) is 17.2. The molecule has 0 aromatic carbocycles. The van der Waals surface area contributed by atoms with Gasteiger partial charge in [-0.25, -0.2) is 4.79 Å². The van der Waals surface area contributed by atoms with Crippen molar-refractivity contribution in [1.82, 2.24) is 42.1 Å². The Morgan fingerprint density at radius 1 is 0.676 bits per heavy atom. The molecule has 1 saturated heterocycles. The van der Waals surface area contributed by atoms with E-state index < -0.39 is 138 Å². The molecule has 0 bridgehead atoms. The van der Waals surface area contributed by atoms with Crippen LogP contribution in [0.1, 0.15) is 71.6 Å².